The maximum Gasteiger partial charge on any atom is 0.311 e. The summed E-state index contributed by atoms with van der Waals surface area (Å²) in [6, 6.07) is 10.5. The van der Waals surface area contributed by atoms with Crippen molar-refractivity contribution in [1.82, 2.24) is 9.88 Å². The highest BCUT2D eigenvalue weighted by molar-refractivity contribution is 7.13. The average Bonchev–Trinajstić information content (AvgIpc) is 3.09. The number of piperidine rings is 2. The lowest BCUT2D eigenvalue weighted by molar-refractivity contribution is -0.140. The summed E-state index contributed by atoms with van der Waals surface area (Å²) in [5.41, 5.74) is 1.95. The maximum absolute atomic E-state index is 12.7. The molecular formula is C20H23N3O3S. The molecule has 1 saturated carbocycles. The number of thiazole rings is 1. The number of methoxy groups -OCH3 is 1. The second kappa shape index (κ2) is 7.78. The summed E-state index contributed by atoms with van der Waals surface area (Å²) in [6.07, 6.45) is 1.26. The van der Waals surface area contributed by atoms with Gasteiger partial charge in [-0.15, -0.1) is 11.3 Å². The zero-order valence-corrected chi connectivity index (χ0v) is 16.1. The zero-order valence-electron chi connectivity index (χ0n) is 15.3. The van der Waals surface area contributed by atoms with Crippen LogP contribution in [0.3, 0.4) is 0 Å². The third kappa shape index (κ3) is 4.04. The molecule has 6 nitrogen and oxygen atoms in total. The van der Waals surface area contributed by atoms with Crippen LogP contribution in [0, 0.1) is 17.8 Å². The van der Waals surface area contributed by atoms with Crippen molar-refractivity contribution in [3.63, 3.8) is 0 Å². The van der Waals surface area contributed by atoms with Gasteiger partial charge >= 0.3 is 5.97 Å². The molecule has 2 atom stereocenters. The van der Waals surface area contributed by atoms with Gasteiger partial charge in [0.05, 0.1) is 19.2 Å². The van der Waals surface area contributed by atoms with Gasteiger partial charge in [0.25, 0.3) is 0 Å². The molecule has 2 bridgehead atoms. The molecule has 1 aliphatic carbocycles. The van der Waals surface area contributed by atoms with Gasteiger partial charge < -0.3 is 10.1 Å². The van der Waals surface area contributed by atoms with Crippen molar-refractivity contribution in [3.05, 3.63) is 47.0 Å². The van der Waals surface area contributed by atoms with E-state index in [0.29, 0.717) is 22.7 Å². The average molecular weight is 385 g/mol. The minimum atomic E-state index is -0.329. The number of carbonyl (C=O) groups excluding carboxylic acids is 2. The fourth-order valence-electron chi connectivity index (χ4n) is 4.24. The molecule has 2 aromatic rings. The Hall–Kier alpha value is -2.25. The molecular weight excluding hydrogens is 362 g/mol. The van der Waals surface area contributed by atoms with E-state index in [-0.39, 0.29) is 24.2 Å². The molecule has 0 radical (unpaired) electrons. The van der Waals surface area contributed by atoms with Crippen molar-refractivity contribution in [3.8, 4) is 0 Å². The largest absolute Gasteiger partial charge is 0.469 e. The number of ether oxygens (including phenoxy) is 1. The van der Waals surface area contributed by atoms with Gasteiger partial charge in [-0.25, -0.2) is 4.98 Å². The Labute approximate surface area is 162 Å². The van der Waals surface area contributed by atoms with Crippen LogP contribution in [-0.2, 0) is 27.3 Å². The molecule has 3 heterocycles. The number of anilines is 1. The molecule has 27 heavy (non-hydrogen) atoms. The Morgan fingerprint density at radius 3 is 2.70 bits per heavy atom. The quantitative estimate of drug-likeness (QED) is 0.774. The van der Waals surface area contributed by atoms with Crippen LogP contribution in [0.25, 0.3) is 0 Å². The predicted molar refractivity (Wildman–Crippen MR) is 103 cm³/mol. The molecule has 1 N–H and O–H groups in total. The molecule has 1 amide bonds. The number of hydrogen-bond acceptors (Lipinski definition) is 6. The summed E-state index contributed by atoms with van der Waals surface area (Å²) < 4.78 is 4.65. The zero-order chi connectivity index (χ0) is 18.8. The summed E-state index contributed by atoms with van der Waals surface area (Å²) in [6.45, 7) is 2.88. The monoisotopic (exact) mass is 385 g/mol. The molecule has 5 rings (SSSR count). The number of benzene rings is 1. The Kier molecular flexibility index (Phi) is 5.22. The van der Waals surface area contributed by atoms with Crippen molar-refractivity contribution in [2.75, 3.05) is 25.5 Å². The normalized spacial score (nSPS) is 24.1. The van der Waals surface area contributed by atoms with Crippen molar-refractivity contribution >= 4 is 28.3 Å². The van der Waals surface area contributed by atoms with Gasteiger partial charge in [-0.3, -0.25) is 14.5 Å². The number of hydrogen-bond donors (Lipinski definition) is 1. The number of fused-ring (bicyclic) bond motifs is 2. The van der Waals surface area contributed by atoms with Gasteiger partial charge in [0.1, 0.15) is 0 Å². The third-order valence-electron chi connectivity index (χ3n) is 5.49. The molecule has 3 aliphatic rings. The standard InChI is InChI=1S/C20H23N3O3S/c1-26-17(24)8-16-12-27-20(21-16)22-19(25)18-14-7-15(18)11-23(10-14)9-13-5-3-2-4-6-13/h2-6,12,14-15,18H,7-11H2,1H3,(H,21,22,25)/t14-,15-/m0/s1. The van der Waals surface area contributed by atoms with Gasteiger partial charge in [-0.05, 0) is 23.8 Å². The van der Waals surface area contributed by atoms with E-state index in [1.165, 1.54) is 24.0 Å². The Bertz CT molecular complexity index is 811. The highest BCUT2D eigenvalue weighted by Crippen LogP contribution is 2.46. The van der Waals surface area contributed by atoms with Gasteiger partial charge in [-0.2, -0.15) is 0 Å². The highest BCUT2D eigenvalue weighted by Gasteiger charge is 2.50. The van der Waals surface area contributed by atoms with Crippen molar-refractivity contribution in [2.45, 2.75) is 19.4 Å². The van der Waals surface area contributed by atoms with Crippen LogP contribution in [0.4, 0.5) is 5.13 Å². The van der Waals surface area contributed by atoms with E-state index in [4.69, 9.17) is 0 Å². The van der Waals surface area contributed by atoms with Crippen LogP contribution >= 0.6 is 11.3 Å². The van der Waals surface area contributed by atoms with Crippen LogP contribution in [0.5, 0.6) is 0 Å². The Morgan fingerprint density at radius 2 is 2.00 bits per heavy atom. The minimum absolute atomic E-state index is 0.0644. The van der Waals surface area contributed by atoms with E-state index in [2.05, 4.69) is 44.2 Å². The van der Waals surface area contributed by atoms with E-state index in [1.54, 1.807) is 5.38 Å². The fourth-order valence-corrected chi connectivity index (χ4v) is 4.95. The first-order chi connectivity index (χ1) is 13.1. The van der Waals surface area contributed by atoms with E-state index in [0.717, 1.165) is 26.1 Å². The summed E-state index contributed by atoms with van der Waals surface area (Å²) in [4.78, 5) is 30.8. The van der Waals surface area contributed by atoms with Gasteiger partial charge in [0, 0.05) is 30.9 Å². The maximum atomic E-state index is 12.7. The van der Waals surface area contributed by atoms with Crippen LogP contribution < -0.4 is 5.32 Å². The number of rotatable bonds is 6. The van der Waals surface area contributed by atoms with Crippen molar-refractivity contribution < 1.29 is 14.3 Å². The number of carbonyl (C=O) groups is 2. The summed E-state index contributed by atoms with van der Waals surface area (Å²) in [5, 5.41) is 5.29. The first-order valence-electron chi connectivity index (χ1n) is 9.20. The first-order valence-corrected chi connectivity index (χ1v) is 10.1. The van der Waals surface area contributed by atoms with E-state index in [1.807, 2.05) is 6.07 Å². The van der Waals surface area contributed by atoms with E-state index in [9.17, 15) is 9.59 Å². The number of amides is 1. The van der Waals surface area contributed by atoms with E-state index >= 15 is 0 Å². The van der Waals surface area contributed by atoms with Crippen molar-refractivity contribution in [1.29, 1.82) is 0 Å². The summed E-state index contributed by atoms with van der Waals surface area (Å²) in [5.74, 6) is 0.647. The van der Waals surface area contributed by atoms with Crippen molar-refractivity contribution in [2.24, 2.45) is 17.8 Å². The van der Waals surface area contributed by atoms with Crippen LogP contribution in [0.2, 0.25) is 0 Å². The molecule has 142 valence electrons. The van der Waals surface area contributed by atoms with Crippen LogP contribution in [0.1, 0.15) is 17.7 Å². The summed E-state index contributed by atoms with van der Waals surface area (Å²) >= 11 is 1.35. The third-order valence-corrected chi connectivity index (χ3v) is 6.30. The van der Waals surface area contributed by atoms with E-state index < -0.39 is 0 Å². The number of nitrogens with one attached hydrogen (secondary N) is 1. The second-order valence-electron chi connectivity index (χ2n) is 7.35. The molecule has 2 aliphatic heterocycles. The number of esters is 1. The number of aromatic nitrogens is 1. The molecule has 1 aromatic carbocycles. The van der Waals surface area contributed by atoms with Gasteiger partial charge in [-0.1, -0.05) is 30.3 Å². The summed E-state index contributed by atoms with van der Waals surface area (Å²) in [7, 11) is 1.35. The van der Waals surface area contributed by atoms with Gasteiger partial charge in [0.15, 0.2) is 5.13 Å². The molecule has 0 spiro atoms. The van der Waals surface area contributed by atoms with Gasteiger partial charge in [0.2, 0.25) is 5.91 Å². The number of nitrogens with zero attached hydrogens (tertiary/aromatic N) is 2. The SMILES string of the molecule is COC(=O)Cc1csc(NC(=O)C2[C@H]3C[C@H]2CN(Cc2ccccc2)C3)n1. The molecule has 2 saturated heterocycles. The second-order valence-corrected chi connectivity index (χ2v) is 8.21. The highest BCUT2D eigenvalue weighted by atomic mass is 32.1. The first kappa shape index (κ1) is 18.1. The molecule has 0 unspecified atom stereocenters. The Balaban J connectivity index is 1.30. The molecule has 3 fully saturated rings. The molecule has 7 heteroatoms. The Morgan fingerprint density at radius 1 is 1.26 bits per heavy atom. The smallest absolute Gasteiger partial charge is 0.311 e. The lowest BCUT2D eigenvalue weighted by Crippen LogP contribution is -2.58. The lowest BCUT2D eigenvalue weighted by Gasteiger charge is -2.52. The fraction of sp³-hybridized carbons (Fsp3) is 0.450. The predicted octanol–water partition coefficient (Wildman–Crippen LogP) is 2.57. The van der Waals surface area contributed by atoms with Crippen LogP contribution in [-0.4, -0.2) is 42.0 Å². The topological polar surface area (TPSA) is 71.5 Å². The lowest BCUT2D eigenvalue weighted by atomic mass is 9.61. The van der Waals surface area contributed by atoms with Crippen LogP contribution in [0.15, 0.2) is 35.7 Å². The molecule has 1 aromatic heterocycles. The minimum Gasteiger partial charge on any atom is -0.469 e.